The van der Waals surface area contributed by atoms with Gasteiger partial charge >= 0.3 is 0 Å². The molecule has 0 amide bonds. The summed E-state index contributed by atoms with van der Waals surface area (Å²) < 4.78 is 9.38. The molecule has 61 heavy (non-hydrogen) atoms. The molecule has 3 nitrogen and oxygen atoms in total. The minimum Gasteiger partial charge on any atom is -0.454 e. The van der Waals surface area contributed by atoms with Crippen molar-refractivity contribution < 1.29 is 4.42 Å². The van der Waals surface area contributed by atoms with Crippen molar-refractivity contribution in [1.82, 2.24) is 4.57 Å². The Morgan fingerprint density at radius 3 is 1.64 bits per heavy atom. The molecule has 10 aromatic carbocycles. The van der Waals surface area contributed by atoms with Crippen LogP contribution in [0.5, 0.6) is 0 Å². The van der Waals surface area contributed by atoms with E-state index >= 15 is 0 Å². The zero-order valence-corrected chi connectivity index (χ0v) is 33.2. The second kappa shape index (κ2) is 14.3. The fraction of sp³-hybridized carbons (Fsp3) is 0. The van der Waals surface area contributed by atoms with Crippen molar-refractivity contribution in [2.24, 2.45) is 0 Å². The summed E-state index contributed by atoms with van der Waals surface area (Å²) in [5.74, 6) is 0. The molecule has 0 radical (unpaired) electrons. The second-order valence-electron chi connectivity index (χ2n) is 15.7. The highest BCUT2D eigenvalue weighted by molar-refractivity contribution is 6.22. The molecule has 0 N–H and O–H groups in total. The molecule has 0 aliphatic heterocycles. The first-order valence-electron chi connectivity index (χ1n) is 20.8. The molecule has 286 valence electrons. The van der Waals surface area contributed by atoms with Crippen molar-refractivity contribution in [3.05, 3.63) is 231 Å². The number of hydrogen-bond donors (Lipinski definition) is 0. The summed E-state index contributed by atoms with van der Waals surface area (Å²) in [7, 11) is 0. The van der Waals surface area contributed by atoms with Crippen LogP contribution in [0.2, 0.25) is 0 Å². The number of benzene rings is 10. The van der Waals surface area contributed by atoms with Crippen LogP contribution in [0.15, 0.2) is 235 Å². The molecule has 0 aliphatic carbocycles. The molecule has 2 heterocycles. The van der Waals surface area contributed by atoms with Crippen LogP contribution in [0.25, 0.3) is 93.6 Å². The van der Waals surface area contributed by atoms with Crippen LogP contribution >= 0.6 is 0 Å². The fourth-order valence-corrected chi connectivity index (χ4v) is 9.26. The molecule has 0 saturated heterocycles. The Labute approximate surface area is 353 Å². The molecule has 0 fully saturated rings. The predicted molar refractivity (Wildman–Crippen MR) is 257 cm³/mol. The lowest BCUT2D eigenvalue weighted by Crippen LogP contribution is -2.10. The normalized spacial score (nSPS) is 11.6. The molecule has 0 bridgehead atoms. The van der Waals surface area contributed by atoms with Gasteiger partial charge in [-0.25, -0.2) is 0 Å². The standard InChI is InChI=1S/C58H38N2O/c1-4-14-39(15-5-1)40-24-26-41(27-25-40)42-28-32-48(33-29-42)59(46-17-6-2-7-18-46)55-38-45(36-52-57-49-21-11-10-16-43(49)31-35-56(57)61-58(52)55)44-30-34-51-50-22-12-13-23-53(50)60(54(51)37-44)47-19-8-3-9-20-47/h1-38H. The highest BCUT2D eigenvalue weighted by atomic mass is 16.3. The number of para-hydroxylation sites is 3. The van der Waals surface area contributed by atoms with E-state index in [0.29, 0.717) is 0 Å². The maximum atomic E-state index is 6.99. The predicted octanol–water partition coefficient (Wildman–Crippen LogP) is 16.3. The van der Waals surface area contributed by atoms with E-state index in [1.165, 1.54) is 49.3 Å². The molecule has 0 saturated carbocycles. The molecule has 0 aliphatic rings. The van der Waals surface area contributed by atoms with Crippen LogP contribution in [0.3, 0.4) is 0 Å². The van der Waals surface area contributed by atoms with Crippen molar-refractivity contribution >= 4 is 71.6 Å². The number of aromatic nitrogens is 1. The topological polar surface area (TPSA) is 21.3 Å². The summed E-state index contributed by atoms with van der Waals surface area (Å²) >= 11 is 0. The van der Waals surface area contributed by atoms with Crippen molar-refractivity contribution in [2.75, 3.05) is 4.90 Å². The van der Waals surface area contributed by atoms with Crippen molar-refractivity contribution in [3.8, 4) is 39.1 Å². The van der Waals surface area contributed by atoms with Gasteiger partial charge in [-0.2, -0.15) is 0 Å². The minimum absolute atomic E-state index is 0.846. The molecular weight excluding hydrogens is 741 g/mol. The lowest BCUT2D eigenvalue weighted by Gasteiger charge is -2.26. The zero-order chi connectivity index (χ0) is 40.3. The molecule has 0 atom stereocenters. The SMILES string of the molecule is c1ccc(-c2ccc(-c3ccc(N(c4ccccc4)c4cc(-c5ccc6c7ccccc7n(-c7ccccc7)c6c5)cc5c4oc4ccc6ccccc6c45)cc3)cc2)cc1. The summed E-state index contributed by atoms with van der Waals surface area (Å²) in [6.07, 6.45) is 0. The zero-order valence-electron chi connectivity index (χ0n) is 33.2. The van der Waals surface area contributed by atoms with Gasteiger partial charge in [0.2, 0.25) is 0 Å². The molecule has 12 aromatic rings. The van der Waals surface area contributed by atoms with Crippen LogP contribution < -0.4 is 4.90 Å². The van der Waals surface area contributed by atoms with Gasteiger partial charge in [0.25, 0.3) is 0 Å². The maximum absolute atomic E-state index is 6.99. The van der Waals surface area contributed by atoms with E-state index in [4.69, 9.17) is 4.42 Å². The van der Waals surface area contributed by atoms with Gasteiger partial charge in [0.1, 0.15) is 5.58 Å². The average molecular weight is 779 g/mol. The second-order valence-corrected chi connectivity index (χ2v) is 15.7. The first kappa shape index (κ1) is 34.9. The van der Waals surface area contributed by atoms with Crippen molar-refractivity contribution in [2.45, 2.75) is 0 Å². The monoisotopic (exact) mass is 778 g/mol. The lowest BCUT2D eigenvalue weighted by atomic mass is 9.97. The lowest BCUT2D eigenvalue weighted by molar-refractivity contribution is 0.669. The van der Waals surface area contributed by atoms with Crippen LogP contribution in [-0.4, -0.2) is 4.57 Å². The van der Waals surface area contributed by atoms with Crippen molar-refractivity contribution in [1.29, 1.82) is 0 Å². The van der Waals surface area contributed by atoms with Gasteiger partial charge in [-0.05, 0) is 111 Å². The molecular formula is C58H38N2O. The summed E-state index contributed by atoms with van der Waals surface area (Å²) in [6.45, 7) is 0. The largest absolute Gasteiger partial charge is 0.454 e. The molecule has 12 rings (SSSR count). The Balaban J connectivity index is 1.07. The van der Waals surface area contributed by atoms with E-state index in [2.05, 4.69) is 240 Å². The number of fused-ring (bicyclic) bond motifs is 8. The van der Waals surface area contributed by atoms with Crippen LogP contribution in [-0.2, 0) is 0 Å². The summed E-state index contributed by atoms with van der Waals surface area (Å²) in [5.41, 5.74) is 15.3. The van der Waals surface area contributed by atoms with E-state index in [0.717, 1.165) is 61.4 Å². The quantitative estimate of drug-likeness (QED) is 0.161. The summed E-state index contributed by atoms with van der Waals surface area (Å²) in [4.78, 5) is 2.35. The van der Waals surface area contributed by atoms with Gasteiger partial charge in [-0.3, -0.25) is 0 Å². The van der Waals surface area contributed by atoms with E-state index in [9.17, 15) is 0 Å². The summed E-state index contributed by atoms with van der Waals surface area (Å²) in [5, 5.41) is 7.03. The molecule has 0 spiro atoms. The van der Waals surface area contributed by atoms with Gasteiger partial charge in [0.15, 0.2) is 5.58 Å². The first-order chi connectivity index (χ1) is 30.2. The number of hydrogen-bond acceptors (Lipinski definition) is 2. The smallest absolute Gasteiger partial charge is 0.159 e. The molecule has 2 aromatic heterocycles. The van der Waals surface area contributed by atoms with Crippen LogP contribution in [0.1, 0.15) is 0 Å². The van der Waals surface area contributed by atoms with Gasteiger partial charge in [0.05, 0.1) is 16.7 Å². The Morgan fingerprint density at radius 1 is 0.344 bits per heavy atom. The Hall–Kier alpha value is -8.14. The van der Waals surface area contributed by atoms with Gasteiger partial charge in [0, 0.05) is 38.6 Å². The third kappa shape index (κ3) is 5.90. The molecule has 0 unspecified atom stereocenters. The maximum Gasteiger partial charge on any atom is 0.159 e. The minimum atomic E-state index is 0.846. The number of rotatable bonds is 7. The van der Waals surface area contributed by atoms with E-state index in [1.54, 1.807) is 0 Å². The van der Waals surface area contributed by atoms with E-state index < -0.39 is 0 Å². The van der Waals surface area contributed by atoms with E-state index in [-0.39, 0.29) is 0 Å². The number of nitrogens with zero attached hydrogens (tertiary/aromatic N) is 2. The highest BCUT2D eigenvalue weighted by Gasteiger charge is 2.23. The van der Waals surface area contributed by atoms with Gasteiger partial charge < -0.3 is 13.9 Å². The van der Waals surface area contributed by atoms with E-state index in [1.807, 2.05) is 0 Å². The van der Waals surface area contributed by atoms with Crippen LogP contribution in [0, 0.1) is 0 Å². The Kier molecular flexibility index (Phi) is 8.17. The summed E-state index contributed by atoms with van der Waals surface area (Å²) in [6, 6.07) is 82.8. The van der Waals surface area contributed by atoms with Gasteiger partial charge in [-0.1, -0.05) is 164 Å². The highest BCUT2D eigenvalue weighted by Crippen LogP contribution is 2.47. The average Bonchev–Trinajstić information content (AvgIpc) is 3.89. The third-order valence-corrected chi connectivity index (χ3v) is 12.2. The Bertz CT molecular complexity index is 3550. The number of furan rings is 1. The fourth-order valence-electron chi connectivity index (χ4n) is 9.26. The van der Waals surface area contributed by atoms with Gasteiger partial charge in [-0.15, -0.1) is 0 Å². The number of anilines is 3. The Morgan fingerprint density at radius 2 is 0.902 bits per heavy atom. The molecule has 3 heteroatoms. The third-order valence-electron chi connectivity index (χ3n) is 12.2. The van der Waals surface area contributed by atoms with Crippen molar-refractivity contribution in [3.63, 3.8) is 0 Å². The first-order valence-corrected chi connectivity index (χ1v) is 20.8. The van der Waals surface area contributed by atoms with Crippen LogP contribution in [0.4, 0.5) is 17.1 Å².